The van der Waals surface area contributed by atoms with Gasteiger partial charge in [-0.05, 0) is 51.9 Å². The molecule has 2 heterocycles. The summed E-state index contributed by atoms with van der Waals surface area (Å²) in [5.41, 5.74) is 1.10. The van der Waals surface area contributed by atoms with Crippen LogP contribution in [0.15, 0.2) is 18.2 Å². The molecule has 0 aliphatic carbocycles. The lowest BCUT2D eigenvalue weighted by atomic mass is 9.90. The maximum Gasteiger partial charge on any atom is 0.213 e. The average Bonchev–Trinajstić information content (AvgIpc) is 2.47. The van der Waals surface area contributed by atoms with E-state index in [1.165, 1.54) is 12.8 Å². The van der Waals surface area contributed by atoms with Crippen LogP contribution in [-0.2, 0) is 6.54 Å². The van der Waals surface area contributed by atoms with E-state index < -0.39 is 0 Å². The zero-order valence-corrected chi connectivity index (χ0v) is 12.2. The van der Waals surface area contributed by atoms with Crippen molar-refractivity contribution in [2.75, 3.05) is 27.2 Å². The van der Waals surface area contributed by atoms with Crippen molar-refractivity contribution in [3.8, 4) is 5.88 Å². The largest absolute Gasteiger partial charge is 0.481 e. The Balaban J connectivity index is 1.85. The fraction of sp³-hybridized carbons (Fsp3) is 0.667. The van der Waals surface area contributed by atoms with E-state index in [0.29, 0.717) is 11.9 Å². The van der Waals surface area contributed by atoms with Crippen molar-refractivity contribution < 1.29 is 4.74 Å². The van der Waals surface area contributed by atoms with Crippen LogP contribution in [0.2, 0.25) is 0 Å². The van der Waals surface area contributed by atoms with Crippen molar-refractivity contribution in [2.45, 2.75) is 32.4 Å². The third kappa shape index (κ3) is 3.91. The van der Waals surface area contributed by atoms with E-state index in [9.17, 15) is 0 Å². The number of hydrogen-bond donors (Lipinski definition) is 1. The van der Waals surface area contributed by atoms with E-state index in [1.807, 2.05) is 12.1 Å². The molecule has 4 nitrogen and oxygen atoms in total. The number of aromatic nitrogens is 1. The summed E-state index contributed by atoms with van der Waals surface area (Å²) in [6.45, 7) is 5.53. The Labute approximate surface area is 116 Å². The highest BCUT2D eigenvalue weighted by atomic mass is 16.5. The monoisotopic (exact) mass is 263 g/mol. The average molecular weight is 263 g/mol. The van der Waals surface area contributed by atoms with Gasteiger partial charge in [-0.15, -0.1) is 0 Å². The Morgan fingerprint density at radius 3 is 2.79 bits per heavy atom. The number of hydrogen-bond acceptors (Lipinski definition) is 4. The molecule has 1 unspecified atom stereocenters. The molecule has 0 radical (unpaired) electrons. The van der Waals surface area contributed by atoms with Gasteiger partial charge in [0.25, 0.3) is 0 Å². The Kier molecular flexibility index (Phi) is 5.16. The summed E-state index contributed by atoms with van der Waals surface area (Å²) in [6.07, 6.45) is 2.54. The summed E-state index contributed by atoms with van der Waals surface area (Å²) in [6, 6.07) is 6.60. The quantitative estimate of drug-likeness (QED) is 0.880. The normalized spacial score (nSPS) is 19.3. The highest BCUT2D eigenvalue weighted by Gasteiger charge is 2.23. The first kappa shape index (κ1) is 14.3. The molecule has 0 bridgehead atoms. The molecule has 106 valence electrons. The van der Waals surface area contributed by atoms with Crippen molar-refractivity contribution in [1.82, 2.24) is 15.2 Å². The molecule has 2 rings (SSSR count). The molecular formula is C15H25N3O. The fourth-order valence-corrected chi connectivity index (χ4v) is 2.74. The molecule has 1 aromatic rings. The van der Waals surface area contributed by atoms with Crippen LogP contribution in [0.25, 0.3) is 0 Å². The fourth-order valence-electron chi connectivity index (χ4n) is 2.74. The molecule has 4 heteroatoms. The first-order valence-corrected chi connectivity index (χ1v) is 7.12. The summed E-state index contributed by atoms with van der Waals surface area (Å²) < 4.78 is 5.17. The molecule has 0 amide bonds. The van der Waals surface area contributed by atoms with Crippen LogP contribution in [0, 0.1) is 5.92 Å². The molecule has 1 atom stereocenters. The van der Waals surface area contributed by atoms with E-state index in [1.54, 1.807) is 7.11 Å². The lowest BCUT2D eigenvalue weighted by Crippen LogP contribution is -2.40. The van der Waals surface area contributed by atoms with E-state index >= 15 is 0 Å². The van der Waals surface area contributed by atoms with Gasteiger partial charge in [0, 0.05) is 18.7 Å². The lowest BCUT2D eigenvalue weighted by Gasteiger charge is -2.34. The topological polar surface area (TPSA) is 37.4 Å². The minimum atomic E-state index is 0.622. The van der Waals surface area contributed by atoms with Crippen molar-refractivity contribution >= 4 is 0 Å². The van der Waals surface area contributed by atoms with E-state index in [4.69, 9.17) is 4.74 Å². The van der Waals surface area contributed by atoms with Crippen LogP contribution in [-0.4, -0.2) is 43.2 Å². The summed E-state index contributed by atoms with van der Waals surface area (Å²) in [5, 5.41) is 3.37. The second-order valence-corrected chi connectivity index (χ2v) is 5.36. The number of piperidine rings is 1. The maximum absolute atomic E-state index is 5.17. The molecule has 1 aromatic heterocycles. The summed E-state index contributed by atoms with van der Waals surface area (Å²) in [5.74, 6) is 1.51. The van der Waals surface area contributed by atoms with E-state index in [2.05, 4.69) is 35.2 Å². The molecule has 0 saturated carbocycles. The molecule has 0 spiro atoms. The van der Waals surface area contributed by atoms with Gasteiger partial charge < -0.3 is 10.1 Å². The van der Waals surface area contributed by atoms with E-state index in [0.717, 1.165) is 31.2 Å². The Morgan fingerprint density at radius 2 is 2.16 bits per heavy atom. The van der Waals surface area contributed by atoms with Crippen LogP contribution >= 0.6 is 0 Å². The van der Waals surface area contributed by atoms with Crippen LogP contribution in [0.4, 0.5) is 0 Å². The minimum Gasteiger partial charge on any atom is -0.481 e. The lowest BCUT2D eigenvalue weighted by molar-refractivity contribution is 0.157. The summed E-state index contributed by atoms with van der Waals surface area (Å²) in [7, 11) is 3.72. The number of pyridine rings is 1. The number of nitrogens with zero attached hydrogens (tertiary/aromatic N) is 2. The highest BCUT2D eigenvalue weighted by molar-refractivity contribution is 5.15. The number of ether oxygens (including phenoxy) is 1. The van der Waals surface area contributed by atoms with Crippen LogP contribution in [0.1, 0.15) is 25.5 Å². The molecule has 1 N–H and O–H groups in total. The molecular weight excluding hydrogens is 238 g/mol. The molecule has 1 aliphatic heterocycles. The first-order chi connectivity index (χ1) is 9.22. The molecule has 1 fully saturated rings. The van der Waals surface area contributed by atoms with Gasteiger partial charge in [-0.1, -0.05) is 6.07 Å². The zero-order chi connectivity index (χ0) is 13.7. The summed E-state index contributed by atoms with van der Waals surface area (Å²) in [4.78, 5) is 6.97. The maximum atomic E-state index is 5.17. The minimum absolute atomic E-state index is 0.622. The van der Waals surface area contributed by atoms with E-state index in [-0.39, 0.29) is 0 Å². The van der Waals surface area contributed by atoms with Crippen LogP contribution in [0.5, 0.6) is 5.88 Å². The Bertz CT molecular complexity index is 389. The van der Waals surface area contributed by atoms with Gasteiger partial charge in [0.15, 0.2) is 0 Å². The predicted molar refractivity (Wildman–Crippen MR) is 77.3 cm³/mol. The number of rotatable bonds is 5. The van der Waals surface area contributed by atoms with Crippen LogP contribution in [0.3, 0.4) is 0 Å². The van der Waals surface area contributed by atoms with Gasteiger partial charge in [0.2, 0.25) is 5.88 Å². The smallest absolute Gasteiger partial charge is 0.213 e. The third-order valence-corrected chi connectivity index (χ3v) is 4.17. The molecule has 1 aliphatic rings. The Morgan fingerprint density at radius 1 is 1.42 bits per heavy atom. The zero-order valence-electron chi connectivity index (χ0n) is 12.2. The van der Waals surface area contributed by atoms with Gasteiger partial charge in [0.05, 0.1) is 12.8 Å². The standard InChI is InChI=1S/C15H25N3O/c1-12(16-2)13-7-9-18(10-8-13)11-14-5-4-6-15(17-14)19-3/h4-6,12-13,16H,7-11H2,1-3H3. The van der Waals surface area contributed by atoms with Gasteiger partial charge >= 0.3 is 0 Å². The molecule has 0 aromatic carbocycles. The first-order valence-electron chi connectivity index (χ1n) is 7.12. The third-order valence-electron chi connectivity index (χ3n) is 4.17. The van der Waals surface area contributed by atoms with Gasteiger partial charge in [-0.2, -0.15) is 0 Å². The summed E-state index contributed by atoms with van der Waals surface area (Å²) >= 11 is 0. The van der Waals surface area contributed by atoms with Gasteiger partial charge in [-0.25, -0.2) is 4.98 Å². The Hall–Kier alpha value is -1.13. The second-order valence-electron chi connectivity index (χ2n) is 5.36. The van der Waals surface area contributed by atoms with Crippen molar-refractivity contribution in [3.05, 3.63) is 23.9 Å². The van der Waals surface area contributed by atoms with Gasteiger partial charge in [-0.3, -0.25) is 4.90 Å². The molecule has 1 saturated heterocycles. The van der Waals surface area contributed by atoms with Crippen molar-refractivity contribution in [1.29, 1.82) is 0 Å². The van der Waals surface area contributed by atoms with Crippen molar-refractivity contribution in [2.24, 2.45) is 5.92 Å². The SMILES string of the molecule is CNC(C)C1CCN(Cc2cccc(OC)n2)CC1. The van der Waals surface area contributed by atoms with Crippen LogP contribution < -0.4 is 10.1 Å². The predicted octanol–water partition coefficient (Wildman–Crippen LogP) is 1.91. The second kappa shape index (κ2) is 6.87. The van der Waals surface area contributed by atoms with Crippen molar-refractivity contribution in [3.63, 3.8) is 0 Å². The highest BCUT2D eigenvalue weighted by Crippen LogP contribution is 2.21. The van der Waals surface area contributed by atoms with Gasteiger partial charge in [0.1, 0.15) is 0 Å². The molecule has 19 heavy (non-hydrogen) atoms. The number of likely N-dealkylation sites (tertiary alicyclic amines) is 1. The number of methoxy groups -OCH3 is 1. The number of nitrogens with one attached hydrogen (secondary N) is 1.